The van der Waals surface area contributed by atoms with Gasteiger partial charge in [0.15, 0.2) is 6.10 Å². The van der Waals surface area contributed by atoms with Crippen LogP contribution in [0.15, 0.2) is 54.7 Å². The molecular formula is C26H20ClF3N2O4. The number of amides is 1. The minimum absolute atomic E-state index is 0.0878. The highest BCUT2D eigenvalue weighted by molar-refractivity contribution is 6.33. The number of aromatic nitrogens is 1. The second-order valence-corrected chi connectivity index (χ2v) is 8.04. The third-order valence-corrected chi connectivity index (χ3v) is 5.63. The first-order chi connectivity index (χ1) is 17.0. The molecule has 6 nitrogen and oxygen atoms in total. The Hall–Kier alpha value is -4.03. The van der Waals surface area contributed by atoms with Crippen LogP contribution in [0.4, 0.5) is 18.9 Å². The van der Waals surface area contributed by atoms with Crippen molar-refractivity contribution in [2.45, 2.75) is 25.6 Å². The highest BCUT2D eigenvalue weighted by Gasteiger charge is 2.33. The summed E-state index contributed by atoms with van der Waals surface area (Å²) in [5, 5.41) is 9.48. The van der Waals surface area contributed by atoms with E-state index in [0.29, 0.717) is 5.69 Å². The van der Waals surface area contributed by atoms with Gasteiger partial charge >= 0.3 is 12.1 Å². The number of halogens is 4. The summed E-state index contributed by atoms with van der Waals surface area (Å²) >= 11 is 6.30. The Kier molecular flexibility index (Phi) is 7.90. The molecule has 0 aliphatic rings. The van der Waals surface area contributed by atoms with Gasteiger partial charge in [0.2, 0.25) is 0 Å². The number of terminal acetylenes is 1. The Bertz CT molecular complexity index is 1350. The second kappa shape index (κ2) is 10.7. The number of ether oxygens (including phenoxy) is 1. The molecule has 0 radical (unpaired) electrons. The summed E-state index contributed by atoms with van der Waals surface area (Å²) in [5.74, 6) is 0.760. The Balaban J connectivity index is 2.00. The lowest BCUT2D eigenvalue weighted by Gasteiger charge is -2.23. The van der Waals surface area contributed by atoms with Crippen LogP contribution in [-0.4, -0.2) is 35.1 Å². The SMILES string of the molecule is C#Cc1cc(C(F)(F)F)ncc1-c1cc(C(=O)N(C)c2ccccc2OC(CC)C(=O)O)ccc1Cl. The molecule has 10 heteroatoms. The number of hydrogen-bond donors (Lipinski definition) is 1. The fourth-order valence-electron chi connectivity index (χ4n) is 3.41. The fraction of sp³-hybridized carbons (Fsp3) is 0.192. The van der Waals surface area contributed by atoms with E-state index in [9.17, 15) is 27.9 Å². The molecule has 1 aromatic heterocycles. The normalized spacial score (nSPS) is 11.9. The zero-order valence-corrected chi connectivity index (χ0v) is 19.9. The molecule has 2 aromatic carbocycles. The zero-order valence-electron chi connectivity index (χ0n) is 19.1. The van der Waals surface area contributed by atoms with Crippen LogP contribution in [-0.2, 0) is 11.0 Å². The van der Waals surface area contributed by atoms with Crippen molar-refractivity contribution in [1.82, 2.24) is 4.98 Å². The number of pyridine rings is 1. The van der Waals surface area contributed by atoms with Gasteiger partial charge in [-0.25, -0.2) is 4.79 Å². The molecule has 36 heavy (non-hydrogen) atoms. The van der Waals surface area contributed by atoms with Crippen LogP contribution >= 0.6 is 11.6 Å². The molecule has 186 valence electrons. The number of anilines is 1. The number of carboxylic acids is 1. The van der Waals surface area contributed by atoms with Crippen LogP contribution in [0.2, 0.25) is 5.02 Å². The molecule has 3 aromatic rings. The topological polar surface area (TPSA) is 79.7 Å². The molecule has 0 saturated carbocycles. The number of carboxylic acid groups (broad SMARTS) is 1. The number of carbonyl (C=O) groups is 2. The largest absolute Gasteiger partial charge is 0.479 e. The number of aliphatic carboxylic acids is 1. The average Bonchev–Trinajstić information content (AvgIpc) is 2.85. The predicted molar refractivity (Wildman–Crippen MR) is 129 cm³/mol. The first-order valence-corrected chi connectivity index (χ1v) is 11.0. The summed E-state index contributed by atoms with van der Waals surface area (Å²) in [7, 11) is 1.48. The second-order valence-electron chi connectivity index (χ2n) is 7.64. The summed E-state index contributed by atoms with van der Waals surface area (Å²) < 4.78 is 44.8. The molecule has 0 aliphatic carbocycles. The van der Waals surface area contributed by atoms with Crippen LogP contribution in [0, 0.1) is 12.3 Å². The molecule has 0 spiro atoms. The van der Waals surface area contributed by atoms with Crippen molar-refractivity contribution < 1.29 is 32.6 Å². The fourth-order valence-corrected chi connectivity index (χ4v) is 3.63. The summed E-state index contributed by atoms with van der Waals surface area (Å²) in [5.41, 5.74) is -0.379. The van der Waals surface area contributed by atoms with Crippen LogP contribution in [0.1, 0.15) is 35.0 Å². The molecule has 1 N–H and O–H groups in total. The zero-order chi connectivity index (χ0) is 26.6. The van der Waals surface area contributed by atoms with E-state index in [1.54, 1.807) is 31.2 Å². The van der Waals surface area contributed by atoms with Gasteiger partial charge in [0, 0.05) is 40.5 Å². The van der Waals surface area contributed by atoms with Crippen LogP contribution < -0.4 is 9.64 Å². The van der Waals surface area contributed by atoms with Crippen molar-refractivity contribution in [3.63, 3.8) is 0 Å². The van der Waals surface area contributed by atoms with Crippen molar-refractivity contribution in [3.05, 3.63) is 76.6 Å². The maximum atomic E-state index is 13.3. The number of alkyl halides is 3. The number of hydrogen-bond acceptors (Lipinski definition) is 4. The van der Waals surface area contributed by atoms with Gasteiger partial charge in [0.25, 0.3) is 5.91 Å². The van der Waals surface area contributed by atoms with Gasteiger partial charge in [-0.3, -0.25) is 9.78 Å². The maximum absolute atomic E-state index is 13.3. The minimum Gasteiger partial charge on any atom is -0.479 e. The Morgan fingerprint density at radius 3 is 2.50 bits per heavy atom. The molecule has 0 fully saturated rings. The van der Waals surface area contributed by atoms with Crippen LogP contribution in [0.25, 0.3) is 11.1 Å². The van der Waals surface area contributed by atoms with Gasteiger partial charge in [0.05, 0.1) is 5.69 Å². The first-order valence-electron chi connectivity index (χ1n) is 10.6. The first kappa shape index (κ1) is 26.6. The summed E-state index contributed by atoms with van der Waals surface area (Å²) in [6, 6.07) is 11.5. The van der Waals surface area contributed by atoms with E-state index < -0.39 is 29.9 Å². The monoisotopic (exact) mass is 516 g/mol. The van der Waals surface area contributed by atoms with Gasteiger partial charge in [0.1, 0.15) is 11.4 Å². The van der Waals surface area contributed by atoms with E-state index in [1.807, 2.05) is 0 Å². The Morgan fingerprint density at radius 1 is 1.19 bits per heavy atom. The van der Waals surface area contributed by atoms with E-state index in [4.69, 9.17) is 22.8 Å². The van der Waals surface area contributed by atoms with Crippen molar-refractivity contribution in [2.75, 3.05) is 11.9 Å². The highest BCUT2D eigenvalue weighted by atomic mass is 35.5. The summed E-state index contributed by atoms with van der Waals surface area (Å²) in [6.07, 6.45) is 0.836. The molecular weight excluding hydrogens is 497 g/mol. The molecule has 3 rings (SSSR count). The third-order valence-electron chi connectivity index (χ3n) is 5.30. The standard InChI is InChI=1S/C26H20ClF3N2O4/c1-4-15-13-23(26(28,29)30)31-14-18(15)17-12-16(10-11-19(17)27)24(33)32(3)20-8-6-7-9-22(20)36-21(5-2)25(34)35/h1,6-14,21H,5H2,2-3H3,(H,34,35). The summed E-state index contributed by atoms with van der Waals surface area (Å²) in [6.45, 7) is 1.66. The molecule has 0 saturated heterocycles. The van der Waals surface area contributed by atoms with Crippen molar-refractivity contribution in [2.24, 2.45) is 0 Å². The van der Waals surface area contributed by atoms with E-state index in [1.165, 1.54) is 30.1 Å². The predicted octanol–water partition coefficient (Wildman–Crippen LogP) is 5.92. The number of nitrogens with zero attached hydrogens (tertiary/aromatic N) is 2. The number of rotatable bonds is 7. The van der Waals surface area contributed by atoms with Crippen molar-refractivity contribution >= 4 is 29.2 Å². The highest BCUT2D eigenvalue weighted by Crippen LogP contribution is 2.35. The number of carbonyl (C=O) groups excluding carboxylic acids is 1. The quantitative estimate of drug-likeness (QED) is 0.394. The lowest BCUT2D eigenvalue weighted by molar-refractivity contribution is -0.145. The van der Waals surface area contributed by atoms with Crippen molar-refractivity contribution in [1.29, 1.82) is 0 Å². The van der Waals surface area contributed by atoms with Crippen LogP contribution in [0.5, 0.6) is 5.75 Å². The number of benzene rings is 2. The average molecular weight is 517 g/mol. The van der Waals surface area contributed by atoms with Gasteiger partial charge in [-0.05, 0) is 42.8 Å². The molecule has 1 heterocycles. The van der Waals surface area contributed by atoms with Gasteiger partial charge in [-0.1, -0.05) is 36.6 Å². The molecule has 1 unspecified atom stereocenters. The third kappa shape index (κ3) is 5.61. The lowest BCUT2D eigenvalue weighted by Crippen LogP contribution is -2.29. The molecule has 1 atom stereocenters. The number of para-hydroxylation sites is 2. The van der Waals surface area contributed by atoms with Gasteiger partial charge < -0.3 is 14.7 Å². The van der Waals surface area contributed by atoms with E-state index in [2.05, 4.69) is 10.9 Å². The minimum atomic E-state index is -4.68. The summed E-state index contributed by atoms with van der Waals surface area (Å²) in [4.78, 5) is 29.5. The molecule has 0 bridgehead atoms. The van der Waals surface area contributed by atoms with Gasteiger partial charge in [-0.2, -0.15) is 13.2 Å². The lowest BCUT2D eigenvalue weighted by atomic mass is 9.99. The smallest absolute Gasteiger partial charge is 0.433 e. The van der Waals surface area contributed by atoms with E-state index in [0.717, 1.165) is 12.3 Å². The Labute approximate surface area is 210 Å². The van der Waals surface area contributed by atoms with Crippen molar-refractivity contribution in [3.8, 4) is 29.2 Å². The maximum Gasteiger partial charge on any atom is 0.433 e. The van der Waals surface area contributed by atoms with Crippen LogP contribution in [0.3, 0.4) is 0 Å². The van der Waals surface area contributed by atoms with Gasteiger partial charge in [-0.15, -0.1) is 6.42 Å². The molecule has 1 amide bonds. The Morgan fingerprint density at radius 2 is 1.89 bits per heavy atom. The molecule has 0 aliphatic heterocycles. The van der Waals surface area contributed by atoms with E-state index >= 15 is 0 Å². The van der Waals surface area contributed by atoms with E-state index in [-0.39, 0.29) is 39.4 Å².